The average Bonchev–Trinajstić information content (AvgIpc) is 1.52. The lowest BCUT2D eigenvalue weighted by atomic mass is 9.99. The number of hydrogen-bond donors (Lipinski definition) is 0. The number of nitriles is 4. The standard InChI is InChI=1S/C100H54N10O/c101-55-63-49-66(54-95(78(63)56-102)110-84-32-16-10-26-70(84)75-50-60(35-41-87(75)110)59-19-3-1-4-20-59)107-88-43-38-65(53-77(88)99-94(107)44-39-72-71-27-12-18-34-96(71)111-100(72)99)106-81-29-13-9-25-69(81)74-51-61(36-40-86(74)106)62-37-42-89-76(52-62)98-93(48-47-92-97(98)73-28-11-17-33-85(73)105(92)64-21-5-2-6-22-64)109(89)91-46-45-90(79(57-103)80(91)58-104)108-82-30-14-7-23-67(82)68-24-8-15-31-83(68)108/h1-54H. The largest absolute Gasteiger partial charge is 0.455 e. The Labute approximate surface area is 632 Å². The highest BCUT2D eigenvalue weighted by molar-refractivity contribution is 6.30. The summed E-state index contributed by atoms with van der Waals surface area (Å²) < 4.78 is 20.4. The van der Waals surface area contributed by atoms with Crippen molar-refractivity contribution in [2.75, 3.05) is 0 Å². The zero-order valence-electron chi connectivity index (χ0n) is 59.1. The van der Waals surface area contributed by atoms with Crippen LogP contribution in [0.2, 0.25) is 0 Å². The lowest BCUT2D eigenvalue weighted by Gasteiger charge is -2.16. The van der Waals surface area contributed by atoms with Crippen LogP contribution in [0.1, 0.15) is 22.3 Å². The lowest BCUT2D eigenvalue weighted by Crippen LogP contribution is -2.05. The van der Waals surface area contributed by atoms with Crippen LogP contribution in [0.15, 0.2) is 332 Å². The minimum absolute atomic E-state index is 0.260. The van der Waals surface area contributed by atoms with Crippen LogP contribution in [0.4, 0.5) is 0 Å². The van der Waals surface area contributed by atoms with Crippen LogP contribution >= 0.6 is 0 Å². The van der Waals surface area contributed by atoms with Gasteiger partial charge in [0.2, 0.25) is 0 Å². The van der Waals surface area contributed by atoms with Gasteiger partial charge in [0.05, 0.1) is 111 Å². The molecule has 0 fully saturated rings. The van der Waals surface area contributed by atoms with Crippen molar-refractivity contribution in [1.29, 1.82) is 21.0 Å². The van der Waals surface area contributed by atoms with E-state index in [2.05, 4.69) is 294 Å². The van der Waals surface area contributed by atoms with Crippen LogP contribution in [-0.2, 0) is 0 Å². The van der Waals surface area contributed by atoms with Gasteiger partial charge in [0.25, 0.3) is 0 Å². The molecule has 7 aromatic heterocycles. The predicted octanol–water partition coefficient (Wildman–Crippen LogP) is 25.0. The van der Waals surface area contributed by atoms with Gasteiger partial charge in [-0.3, -0.25) is 0 Å². The van der Waals surface area contributed by atoms with Crippen molar-refractivity contribution in [2.45, 2.75) is 0 Å². The molecule has 0 aliphatic heterocycles. The molecule has 16 aromatic carbocycles. The first kappa shape index (κ1) is 61.4. The Morgan fingerprint density at radius 2 is 0.595 bits per heavy atom. The number of nitrogens with zero attached hydrogens (tertiary/aromatic N) is 10. The van der Waals surface area contributed by atoms with Gasteiger partial charge in [-0.15, -0.1) is 0 Å². The number of hydrogen-bond acceptors (Lipinski definition) is 5. The van der Waals surface area contributed by atoms with Crippen molar-refractivity contribution in [3.8, 4) is 80.7 Å². The molecule has 0 saturated heterocycles. The van der Waals surface area contributed by atoms with Crippen molar-refractivity contribution in [1.82, 2.24) is 27.4 Å². The number of furan rings is 1. The molecule has 23 rings (SSSR count). The minimum Gasteiger partial charge on any atom is -0.455 e. The summed E-state index contributed by atoms with van der Waals surface area (Å²) in [7, 11) is 0. The van der Waals surface area contributed by atoms with Crippen LogP contribution < -0.4 is 0 Å². The van der Waals surface area contributed by atoms with Gasteiger partial charge >= 0.3 is 0 Å². The topological polar surface area (TPSA) is 138 Å². The van der Waals surface area contributed by atoms with E-state index in [1.54, 1.807) is 0 Å². The maximum Gasteiger partial charge on any atom is 0.145 e. The maximum atomic E-state index is 11.6. The van der Waals surface area contributed by atoms with E-state index in [1.807, 2.05) is 84.9 Å². The van der Waals surface area contributed by atoms with Gasteiger partial charge in [-0.25, -0.2) is 0 Å². The molecular weight excluding hydrogens is 1360 g/mol. The zero-order valence-corrected chi connectivity index (χ0v) is 59.1. The first-order valence-corrected chi connectivity index (χ1v) is 37.0. The van der Waals surface area contributed by atoms with Crippen LogP contribution in [0.3, 0.4) is 0 Å². The maximum absolute atomic E-state index is 11.6. The van der Waals surface area contributed by atoms with Crippen LogP contribution in [0, 0.1) is 45.3 Å². The fraction of sp³-hybridized carbons (Fsp3) is 0. The number of fused-ring (bicyclic) bond motifs is 23. The number of rotatable bonds is 8. The monoisotopic (exact) mass is 1410 g/mol. The summed E-state index contributed by atoms with van der Waals surface area (Å²) in [6.45, 7) is 0. The predicted molar refractivity (Wildman–Crippen MR) is 449 cm³/mol. The fourth-order valence-electron chi connectivity index (χ4n) is 18.5. The second kappa shape index (κ2) is 23.3. The number of aromatic nitrogens is 6. The van der Waals surface area contributed by atoms with E-state index in [0.717, 1.165) is 192 Å². The molecule has 23 aromatic rings. The Morgan fingerprint density at radius 1 is 0.207 bits per heavy atom. The van der Waals surface area contributed by atoms with Crippen LogP contribution in [-0.4, -0.2) is 27.4 Å². The van der Waals surface area contributed by atoms with Crippen molar-refractivity contribution in [3.63, 3.8) is 0 Å². The van der Waals surface area contributed by atoms with E-state index in [1.165, 1.54) is 0 Å². The molecule has 0 aliphatic carbocycles. The highest BCUT2D eigenvalue weighted by Crippen LogP contribution is 2.49. The van der Waals surface area contributed by atoms with Crippen molar-refractivity contribution >= 4 is 153 Å². The summed E-state index contributed by atoms with van der Waals surface area (Å²) in [6, 6.07) is 124. The van der Waals surface area contributed by atoms with Gasteiger partial charge in [0.15, 0.2) is 0 Å². The van der Waals surface area contributed by atoms with Crippen molar-refractivity contribution in [3.05, 3.63) is 350 Å². The highest BCUT2D eigenvalue weighted by atomic mass is 16.3. The Bertz CT molecular complexity index is 8210. The molecule has 7 heterocycles. The summed E-state index contributed by atoms with van der Waals surface area (Å²) in [5.74, 6) is 0. The Balaban J connectivity index is 0.723. The van der Waals surface area contributed by atoms with E-state index in [-0.39, 0.29) is 16.7 Å². The molecule has 111 heavy (non-hydrogen) atoms. The molecule has 0 bridgehead atoms. The SMILES string of the molecule is N#Cc1cc(-n2c3ccc(-n4c5ccccc5c5cc(-c6ccc7c(c6)c6c8c9ccccc9n(-c9ccccc9)c8ccc6n7-c6ccc(-n7c8ccccc8c8ccccc87)c(C#N)c6C#N)ccc54)cc3c3c4oc5ccccc5c4ccc32)cc(-n2c3ccccc3c3cc(-c4ccccc4)ccc32)c1C#N. The summed E-state index contributed by atoms with van der Waals surface area (Å²) in [5.41, 5.74) is 22.9. The molecule has 11 nitrogen and oxygen atoms in total. The molecule has 510 valence electrons. The average molecular weight is 1410 g/mol. The summed E-state index contributed by atoms with van der Waals surface area (Å²) in [5, 5.41) is 59.8. The first-order chi connectivity index (χ1) is 54.9. The van der Waals surface area contributed by atoms with Gasteiger partial charge in [-0.1, -0.05) is 176 Å². The third-order valence-corrected chi connectivity index (χ3v) is 23.2. The van der Waals surface area contributed by atoms with E-state index in [4.69, 9.17) is 4.42 Å². The summed E-state index contributed by atoms with van der Waals surface area (Å²) in [4.78, 5) is 0. The second-order valence-electron chi connectivity index (χ2n) is 28.7. The number of para-hydroxylation sites is 7. The Hall–Kier alpha value is -15.9. The normalized spacial score (nSPS) is 11.9. The third kappa shape index (κ3) is 8.57. The van der Waals surface area contributed by atoms with Crippen molar-refractivity contribution < 1.29 is 4.42 Å². The first-order valence-electron chi connectivity index (χ1n) is 37.0. The number of benzene rings is 16. The molecule has 0 amide bonds. The molecule has 0 aliphatic rings. The molecule has 0 unspecified atom stereocenters. The molecule has 0 N–H and O–H groups in total. The third-order valence-electron chi connectivity index (χ3n) is 23.2. The van der Waals surface area contributed by atoms with Crippen LogP contribution in [0.5, 0.6) is 0 Å². The van der Waals surface area contributed by atoms with Gasteiger partial charge in [0.1, 0.15) is 35.4 Å². The highest BCUT2D eigenvalue weighted by Gasteiger charge is 2.29. The van der Waals surface area contributed by atoms with E-state index in [0.29, 0.717) is 22.6 Å². The lowest BCUT2D eigenvalue weighted by molar-refractivity contribution is 0.673. The van der Waals surface area contributed by atoms with Crippen molar-refractivity contribution in [2.24, 2.45) is 0 Å². The zero-order chi connectivity index (χ0) is 73.4. The molecule has 11 heteroatoms. The van der Waals surface area contributed by atoms with E-state index in [9.17, 15) is 21.0 Å². The Morgan fingerprint density at radius 3 is 1.20 bits per heavy atom. The van der Waals surface area contributed by atoms with Gasteiger partial charge < -0.3 is 31.8 Å². The smallest absolute Gasteiger partial charge is 0.145 e. The van der Waals surface area contributed by atoms with E-state index >= 15 is 0 Å². The van der Waals surface area contributed by atoms with E-state index < -0.39 is 0 Å². The minimum atomic E-state index is 0.260. The van der Waals surface area contributed by atoms with Gasteiger partial charge in [-0.2, -0.15) is 21.0 Å². The van der Waals surface area contributed by atoms with Gasteiger partial charge in [-0.05, 0) is 174 Å². The molecular formula is C100H54N10O. The molecule has 0 saturated carbocycles. The summed E-state index contributed by atoms with van der Waals surface area (Å²) >= 11 is 0. The molecule has 0 radical (unpaired) electrons. The van der Waals surface area contributed by atoms with Gasteiger partial charge in [0, 0.05) is 87.1 Å². The fourth-order valence-corrected chi connectivity index (χ4v) is 18.5. The van der Waals surface area contributed by atoms with Crippen LogP contribution in [0.25, 0.3) is 209 Å². The summed E-state index contributed by atoms with van der Waals surface area (Å²) in [6.07, 6.45) is 0. The molecule has 0 spiro atoms. The molecule has 0 atom stereocenters. The Kier molecular flexibility index (Phi) is 12.9. The second-order valence-corrected chi connectivity index (χ2v) is 28.7. The quantitative estimate of drug-likeness (QED) is 0.149.